The minimum absolute atomic E-state index is 0.00936. The Bertz CT molecular complexity index is 1500. The Labute approximate surface area is 543 Å². The van der Waals surface area contributed by atoms with E-state index in [0.717, 1.165) is 57.8 Å². The Balaban J connectivity index is 3.39. The molecule has 0 aromatic rings. The Morgan fingerprint density at radius 2 is 0.575 bits per heavy atom. The van der Waals surface area contributed by atoms with E-state index in [1.54, 1.807) is 6.08 Å². The number of ether oxygens (including phenoxy) is 1. The SMILES string of the molecule is CCCCCC/C=C\C/C=C\CCCCCCCCCC(=O)OCCCCCCCCCCCCC/C=C\C/C=C\CCCCCCCCCCCCCCCCCCCC(=O)NC(CO)C(O)/C=C/CCCCCCCCCCCCCCCCC. The molecule has 6 heteroatoms. The number of unbranched alkanes of at least 4 members (excludes halogenated alkanes) is 54. The fourth-order valence-electron chi connectivity index (χ4n) is 12.1. The summed E-state index contributed by atoms with van der Waals surface area (Å²) < 4.78 is 5.50. The van der Waals surface area contributed by atoms with E-state index in [1.807, 2.05) is 6.08 Å². The minimum Gasteiger partial charge on any atom is -0.466 e. The normalized spacial score (nSPS) is 12.8. The van der Waals surface area contributed by atoms with E-state index in [2.05, 4.69) is 67.8 Å². The maximum Gasteiger partial charge on any atom is 0.305 e. The van der Waals surface area contributed by atoms with Gasteiger partial charge in [0.15, 0.2) is 0 Å². The number of carbonyl (C=O) groups excluding carboxylic acids is 2. The molecule has 2 atom stereocenters. The van der Waals surface area contributed by atoms with Gasteiger partial charge in [0.2, 0.25) is 5.91 Å². The third-order valence-electron chi connectivity index (χ3n) is 18.0. The average Bonchev–Trinajstić information content (AvgIpc) is 3.53. The summed E-state index contributed by atoms with van der Waals surface area (Å²) in [5, 5.41) is 23.2. The highest BCUT2D eigenvalue weighted by molar-refractivity contribution is 5.76. The Morgan fingerprint density at radius 3 is 0.885 bits per heavy atom. The molecule has 0 aromatic carbocycles. The molecule has 0 aromatic heterocycles. The van der Waals surface area contributed by atoms with Gasteiger partial charge in [0.05, 0.1) is 25.4 Å². The molecule has 0 spiro atoms. The maximum atomic E-state index is 12.5. The van der Waals surface area contributed by atoms with E-state index in [1.165, 1.54) is 334 Å². The van der Waals surface area contributed by atoms with E-state index in [-0.39, 0.29) is 18.5 Å². The van der Waals surface area contributed by atoms with Gasteiger partial charge in [-0.25, -0.2) is 0 Å². The topological polar surface area (TPSA) is 95.9 Å². The van der Waals surface area contributed by atoms with E-state index >= 15 is 0 Å². The van der Waals surface area contributed by atoms with Crippen molar-refractivity contribution < 1.29 is 24.5 Å². The molecule has 1 amide bonds. The highest BCUT2D eigenvalue weighted by atomic mass is 16.5. The number of hydrogen-bond donors (Lipinski definition) is 3. The summed E-state index contributed by atoms with van der Waals surface area (Å²) in [7, 11) is 0. The summed E-state index contributed by atoms with van der Waals surface area (Å²) in [6.45, 7) is 4.92. The second-order valence-electron chi connectivity index (χ2n) is 26.7. The molecule has 0 heterocycles. The van der Waals surface area contributed by atoms with Crippen molar-refractivity contribution in [1.29, 1.82) is 0 Å². The number of amides is 1. The summed E-state index contributed by atoms with van der Waals surface area (Å²) in [6, 6.07) is -0.627. The molecule has 0 saturated heterocycles. The molecule has 87 heavy (non-hydrogen) atoms. The van der Waals surface area contributed by atoms with Crippen molar-refractivity contribution in [1.82, 2.24) is 5.32 Å². The van der Waals surface area contributed by atoms with Gasteiger partial charge in [0.1, 0.15) is 0 Å². The van der Waals surface area contributed by atoms with Crippen molar-refractivity contribution in [3.8, 4) is 0 Å². The summed E-state index contributed by atoms with van der Waals surface area (Å²) >= 11 is 0. The fraction of sp³-hybridized carbons (Fsp3) is 0.852. The lowest BCUT2D eigenvalue weighted by Crippen LogP contribution is -2.45. The van der Waals surface area contributed by atoms with Crippen LogP contribution in [0, 0.1) is 0 Å². The second-order valence-corrected chi connectivity index (χ2v) is 26.7. The van der Waals surface area contributed by atoms with Gasteiger partial charge in [-0.2, -0.15) is 0 Å². The standard InChI is InChI=1S/C81H151NO5/c1-3-5-7-9-11-13-15-17-19-21-43-47-51-55-59-63-67-71-75-81(86)87-76-72-68-64-60-56-52-48-44-40-38-36-34-32-30-28-26-24-22-23-25-27-29-31-33-35-37-39-42-46-50-54-58-62-66-70-74-80(85)82-78(77-83)79(84)73-69-65-61-57-53-49-45-41-20-18-16-14-12-10-8-6-4-2/h13,15,19,21,24,26,30,32,69,73,78-79,83-84H,3-12,14,16-18,20,22-23,25,27-29,31,33-68,70-72,74-77H2,1-2H3,(H,82,85)/b15-13-,21-19-,26-24-,32-30-,73-69+. The third-order valence-corrected chi connectivity index (χ3v) is 18.0. The molecule has 510 valence electrons. The predicted octanol–water partition coefficient (Wildman–Crippen LogP) is 25.8. The van der Waals surface area contributed by atoms with E-state index in [9.17, 15) is 19.8 Å². The smallest absolute Gasteiger partial charge is 0.305 e. The zero-order valence-corrected chi connectivity index (χ0v) is 58.5. The van der Waals surface area contributed by atoms with Gasteiger partial charge in [-0.15, -0.1) is 0 Å². The minimum atomic E-state index is -0.844. The highest BCUT2D eigenvalue weighted by Crippen LogP contribution is 2.19. The number of allylic oxidation sites excluding steroid dienone is 9. The van der Waals surface area contributed by atoms with E-state index < -0.39 is 12.1 Å². The second kappa shape index (κ2) is 76.0. The number of esters is 1. The monoisotopic (exact) mass is 1220 g/mol. The molecule has 0 rings (SSSR count). The summed E-state index contributed by atoms with van der Waals surface area (Å²) in [4.78, 5) is 24.6. The lowest BCUT2D eigenvalue weighted by atomic mass is 10.0. The highest BCUT2D eigenvalue weighted by Gasteiger charge is 2.18. The van der Waals surface area contributed by atoms with E-state index in [4.69, 9.17) is 4.74 Å². The molecule has 3 N–H and O–H groups in total. The van der Waals surface area contributed by atoms with Crippen LogP contribution in [0.1, 0.15) is 418 Å². The Kier molecular flexibility index (Phi) is 73.9. The van der Waals surface area contributed by atoms with Gasteiger partial charge >= 0.3 is 5.97 Å². The van der Waals surface area contributed by atoms with Crippen molar-refractivity contribution in [2.24, 2.45) is 0 Å². The first-order valence-electron chi connectivity index (χ1n) is 39.1. The zero-order chi connectivity index (χ0) is 62.8. The van der Waals surface area contributed by atoms with Gasteiger partial charge in [-0.3, -0.25) is 9.59 Å². The summed E-state index contributed by atoms with van der Waals surface area (Å²) in [5.41, 5.74) is 0. The number of carbonyl (C=O) groups is 2. The summed E-state index contributed by atoms with van der Waals surface area (Å²) in [6.07, 6.45) is 102. The first kappa shape index (κ1) is 84.6. The van der Waals surface area contributed by atoms with Gasteiger partial charge in [-0.05, 0) is 96.3 Å². The number of hydrogen-bond acceptors (Lipinski definition) is 5. The molecule has 6 nitrogen and oxygen atoms in total. The molecule has 0 aliphatic heterocycles. The van der Waals surface area contributed by atoms with Gasteiger partial charge < -0.3 is 20.3 Å². The van der Waals surface area contributed by atoms with Crippen LogP contribution in [0.25, 0.3) is 0 Å². The van der Waals surface area contributed by atoms with Crippen molar-refractivity contribution in [2.75, 3.05) is 13.2 Å². The molecule has 2 unspecified atom stereocenters. The van der Waals surface area contributed by atoms with Gasteiger partial charge in [-0.1, -0.05) is 370 Å². The van der Waals surface area contributed by atoms with E-state index in [0.29, 0.717) is 19.4 Å². The van der Waals surface area contributed by atoms with Crippen LogP contribution in [0.15, 0.2) is 60.8 Å². The van der Waals surface area contributed by atoms with Crippen molar-refractivity contribution in [3.05, 3.63) is 60.8 Å². The van der Waals surface area contributed by atoms with Crippen LogP contribution in [0.5, 0.6) is 0 Å². The zero-order valence-electron chi connectivity index (χ0n) is 58.5. The number of nitrogens with one attached hydrogen (secondary N) is 1. The van der Waals surface area contributed by atoms with Crippen molar-refractivity contribution >= 4 is 11.9 Å². The summed E-state index contributed by atoms with van der Waals surface area (Å²) in [5.74, 6) is -0.0536. The average molecular weight is 1220 g/mol. The fourth-order valence-corrected chi connectivity index (χ4v) is 12.1. The Morgan fingerprint density at radius 1 is 0.322 bits per heavy atom. The van der Waals surface area contributed by atoms with Crippen LogP contribution in [-0.2, 0) is 14.3 Å². The van der Waals surface area contributed by atoms with Crippen LogP contribution >= 0.6 is 0 Å². The van der Waals surface area contributed by atoms with Crippen LogP contribution < -0.4 is 5.32 Å². The van der Waals surface area contributed by atoms with Crippen LogP contribution in [-0.4, -0.2) is 47.4 Å². The molecule has 0 saturated carbocycles. The first-order valence-corrected chi connectivity index (χ1v) is 39.1. The van der Waals surface area contributed by atoms with Gasteiger partial charge in [0.25, 0.3) is 0 Å². The van der Waals surface area contributed by atoms with Gasteiger partial charge in [0, 0.05) is 12.8 Å². The molecule has 0 bridgehead atoms. The maximum absolute atomic E-state index is 12.5. The molecular formula is C81H151NO5. The quantitative estimate of drug-likeness (QED) is 0.0320. The molecule has 0 aliphatic carbocycles. The van der Waals surface area contributed by atoms with Crippen LogP contribution in [0.2, 0.25) is 0 Å². The number of aliphatic hydroxyl groups is 2. The third kappa shape index (κ3) is 72.5. The largest absolute Gasteiger partial charge is 0.466 e. The van der Waals surface area contributed by atoms with Crippen LogP contribution in [0.4, 0.5) is 0 Å². The lowest BCUT2D eigenvalue weighted by Gasteiger charge is -2.20. The van der Waals surface area contributed by atoms with Crippen molar-refractivity contribution in [2.45, 2.75) is 431 Å². The van der Waals surface area contributed by atoms with Crippen molar-refractivity contribution in [3.63, 3.8) is 0 Å². The Hall–Kier alpha value is -2.44. The van der Waals surface area contributed by atoms with Crippen LogP contribution in [0.3, 0.4) is 0 Å². The first-order chi connectivity index (χ1) is 43.0. The molecule has 0 aliphatic rings. The molecule has 0 radical (unpaired) electrons. The number of aliphatic hydroxyl groups excluding tert-OH is 2. The molecular weight excluding hydrogens is 1070 g/mol. The molecule has 0 fully saturated rings. The lowest BCUT2D eigenvalue weighted by molar-refractivity contribution is -0.143. The number of rotatable bonds is 73. The predicted molar refractivity (Wildman–Crippen MR) is 384 cm³/mol.